The molecule has 1 unspecified atom stereocenters. The molecule has 1 atom stereocenters. The van der Waals surface area contributed by atoms with Crippen LogP contribution in [0.15, 0.2) is 57.9 Å². The van der Waals surface area contributed by atoms with E-state index in [0.717, 1.165) is 4.47 Å². The molecule has 0 heterocycles. The lowest BCUT2D eigenvalue weighted by Gasteiger charge is -2.04. The molecule has 6 heteroatoms. The van der Waals surface area contributed by atoms with Gasteiger partial charge in [0.1, 0.15) is 0 Å². The van der Waals surface area contributed by atoms with Crippen molar-refractivity contribution in [2.75, 3.05) is 0 Å². The van der Waals surface area contributed by atoms with Gasteiger partial charge in [-0.25, -0.2) is 0 Å². The van der Waals surface area contributed by atoms with Crippen molar-refractivity contribution in [3.05, 3.63) is 68.7 Å². The summed E-state index contributed by atoms with van der Waals surface area (Å²) in [5, 5.41) is 10.9. The van der Waals surface area contributed by atoms with Crippen LogP contribution in [0.1, 0.15) is 5.56 Å². The highest BCUT2D eigenvalue weighted by atomic mass is 79.9. The van der Waals surface area contributed by atoms with Gasteiger partial charge in [-0.3, -0.25) is 14.3 Å². The minimum absolute atomic E-state index is 0.00737. The fraction of sp³-hybridized carbons (Fsp3) is 0.0769. The highest BCUT2D eigenvalue weighted by Gasteiger charge is 2.15. The predicted molar refractivity (Wildman–Crippen MR) is 77.4 cm³/mol. The topological polar surface area (TPSA) is 60.2 Å². The van der Waals surface area contributed by atoms with Gasteiger partial charge in [0.2, 0.25) is 0 Å². The van der Waals surface area contributed by atoms with E-state index in [1.54, 1.807) is 42.5 Å². The molecular formula is C13H10BrNO3S. The van der Waals surface area contributed by atoms with Crippen LogP contribution in [-0.2, 0) is 16.6 Å². The van der Waals surface area contributed by atoms with Crippen LogP contribution in [0, 0.1) is 10.1 Å². The van der Waals surface area contributed by atoms with E-state index in [1.165, 1.54) is 6.07 Å². The van der Waals surface area contributed by atoms with Crippen molar-refractivity contribution < 1.29 is 9.13 Å². The summed E-state index contributed by atoms with van der Waals surface area (Å²) in [5.41, 5.74) is 0.488. The van der Waals surface area contributed by atoms with Crippen molar-refractivity contribution in [1.82, 2.24) is 0 Å². The number of nitro groups is 1. The first-order chi connectivity index (χ1) is 9.08. The second-order valence-electron chi connectivity index (χ2n) is 3.83. The third kappa shape index (κ3) is 3.48. The monoisotopic (exact) mass is 339 g/mol. The van der Waals surface area contributed by atoms with E-state index in [1.807, 2.05) is 0 Å². The summed E-state index contributed by atoms with van der Waals surface area (Å²) >= 11 is 3.30. The summed E-state index contributed by atoms with van der Waals surface area (Å²) < 4.78 is 13.1. The van der Waals surface area contributed by atoms with Gasteiger partial charge in [-0.15, -0.1) is 0 Å². The zero-order chi connectivity index (χ0) is 13.8. The third-order valence-corrected chi connectivity index (χ3v) is 4.45. The number of para-hydroxylation sites is 1. The Bertz CT molecular complexity index is 628. The molecule has 19 heavy (non-hydrogen) atoms. The van der Waals surface area contributed by atoms with Crippen LogP contribution in [0.2, 0.25) is 0 Å². The zero-order valence-corrected chi connectivity index (χ0v) is 12.2. The maximum Gasteiger partial charge on any atom is 0.273 e. The van der Waals surface area contributed by atoms with E-state index >= 15 is 0 Å². The van der Waals surface area contributed by atoms with E-state index < -0.39 is 15.7 Å². The molecule has 0 aliphatic rings. The summed E-state index contributed by atoms with van der Waals surface area (Å²) in [6.45, 7) is 0. The fourth-order valence-electron chi connectivity index (χ4n) is 1.62. The average molecular weight is 340 g/mol. The van der Waals surface area contributed by atoms with Crippen LogP contribution >= 0.6 is 15.9 Å². The van der Waals surface area contributed by atoms with Gasteiger partial charge in [-0.2, -0.15) is 0 Å². The number of nitro benzene ring substituents is 1. The van der Waals surface area contributed by atoms with Gasteiger partial charge in [0.15, 0.2) is 0 Å². The summed E-state index contributed by atoms with van der Waals surface area (Å²) in [6.07, 6.45) is 0. The number of hydrogen-bond donors (Lipinski definition) is 0. The van der Waals surface area contributed by atoms with Crippen LogP contribution in [0.25, 0.3) is 0 Å². The van der Waals surface area contributed by atoms with Gasteiger partial charge >= 0.3 is 0 Å². The molecule has 0 bridgehead atoms. The highest BCUT2D eigenvalue weighted by molar-refractivity contribution is 9.10. The first-order valence-corrected chi connectivity index (χ1v) is 7.55. The molecule has 0 fully saturated rings. The Morgan fingerprint density at radius 2 is 1.74 bits per heavy atom. The van der Waals surface area contributed by atoms with E-state index in [-0.39, 0.29) is 11.4 Å². The quantitative estimate of drug-likeness (QED) is 0.630. The molecule has 0 radical (unpaired) electrons. The van der Waals surface area contributed by atoms with Crippen molar-refractivity contribution in [2.24, 2.45) is 0 Å². The largest absolute Gasteiger partial charge is 0.273 e. The summed E-state index contributed by atoms with van der Waals surface area (Å²) in [4.78, 5) is 11.1. The Hall–Kier alpha value is -1.53. The van der Waals surface area contributed by atoms with E-state index in [2.05, 4.69) is 15.9 Å². The molecule has 0 N–H and O–H groups in total. The van der Waals surface area contributed by atoms with Crippen LogP contribution in [0.4, 0.5) is 5.69 Å². The smallest absolute Gasteiger partial charge is 0.258 e. The first kappa shape index (κ1) is 13.9. The van der Waals surface area contributed by atoms with Gasteiger partial charge in [0.05, 0.1) is 21.5 Å². The molecule has 2 rings (SSSR count). The molecular weight excluding hydrogens is 330 g/mol. The Morgan fingerprint density at radius 1 is 1.11 bits per heavy atom. The third-order valence-electron chi connectivity index (χ3n) is 2.55. The number of nitrogens with zero attached hydrogens (tertiary/aromatic N) is 1. The highest BCUT2D eigenvalue weighted by Crippen LogP contribution is 2.22. The lowest BCUT2D eigenvalue weighted by atomic mass is 10.2. The fourth-order valence-corrected chi connectivity index (χ4v) is 3.02. The van der Waals surface area contributed by atoms with Crippen LogP contribution in [-0.4, -0.2) is 9.13 Å². The summed E-state index contributed by atoms with van der Waals surface area (Å²) in [5.74, 6) is 0.138. The molecule has 0 aliphatic heterocycles. The Morgan fingerprint density at radius 3 is 2.37 bits per heavy atom. The second kappa shape index (κ2) is 6.08. The molecule has 0 aromatic heterocycles. The van der Waals surface area contributed by atoms with Gasteiger partial charge in [0.25, 0.3) is 5.69 Å². The second-order valence-corrected chi connectivity index (χ2v) is 6.20. The molecule has 0 saturated carbocycles. The molecule has 0 aliphatic carbocycles. The maximum atomic E-state index is 12.2. The van der Waals surface area contributed by atoms with Crippen molar-refractivity contribution in [1.29, 1.82) is 0 Å². The lowest BCUT2D eigenvalue weighted by molar-refractivity contribution is -0.385. The number of rotatable bonds is 4. The maximum absolute atomic E-state index is 12.2. The normalized spacial score (nSPS) is 12.1. The molecule has 0 saturated heterocycles. The molecule has 0 spiro atoms. The van der Waals surface area contributed by atoms with Crippen molar-refractivity contribution >= 4 is 32.4 Å². The SMILES string of the molecule is O=[N+]([O-])c1ccccc1CS(=O)c1ccc(Br)cc1. The first-order valence-electron chi connectivity index (χ1n) is 5.44. The van der Waals surface area contributed by atoms with Gasteiger partial charge in [0, 0.05) is 21.0 Å². The van der Waals surface area contributed by atoms with E-state index in [0.29, 0.717) is 10.5 Å². The Kier molecular flexibility index (Phi) is 4.44. The molecule has 2 aromatic carbocycles. The zero-order valence-electron chi connectivity index (χ0n) is 9.78. The predicted octanol–water partition coefficient (Wildman–Crippen LogP) is 3.67. The van der Waals surface area contributed by atoms with Gasteiger partial charge in [-0.1, -0.05) is 34.1 Å². The van der Waals surface area contributed by atoms with Crippen molar-refractivity contribution in [3.63, 3.8) is 0 Å². The van der Waals surface area contributed by atoms with Gasteiger partial charge < -0.3 is 0 Å². The summed E-state index contributed by atoms with van der Waals surface area (Å²) in [6, 6.07) is 13.5. The standard InChI is InChI=1S/C13H10BrNO3S/c14-11-5-7-12(8-6-11)19(18)9-10-3-1-2-4-13(10)15(16)17/h1-8H,9H2. The van der Waals surface area contributed by atoms with Crippen molar-refractivity contribution in [2.45, 2.75) is 10.6 Å². The Balaban J connectivity index is 2.24. The number of halogens is 1. The minimum Gasteiger partial charge on any atom is -0.258 e. The average Bonchev–Trinajstić information content (AvgIpc) is 2.39. The molecule has 98 valence electrons. The van der Waals surface area contributed by atoms with Crippen LogP contribution in [0.3, 0.4) is 0 Å². The van der Waals surface area contributed by atoms with Crippen LogP contribution < -0.4 is 0 Å². The molecule has 2 aromatic rings. The number of hydrogen-bond acceptors (Lipinski definition) is 3. The van der Waals surface area contributed by atoms with E-state index in [4.69, 9.17) is 0 Å². The van der Waals surface area contributed by atoms with Crippen LogP contribution in [0.5, 0.6) is 0 Å². The van der Waals surface area contributed by atoms with Crippen molar-refractivity contribution in [3.8, 4) is 0 Å². The lowest BCUT2D eigenvalue weighted by Crippen LogP contribution is -2.00. The summed E-state index contributed by atoms with van der Waals surface area (Å²) in [7, 11) is -1.29. The molecule has 0 amide bonds. The Labute approximate surface area is 121 Å². The molecule has 4 nitrogen and oxygen atoms in total. The minimum atomic E-state index is -1.29. The van der Waals surface area contributed by atoms with E-state index in [9.17, 15) is 14.3 Å². The van der Waals surface area contributed by atoms with Gasteiger partial charge in [-0.05, 0) is 24.3 Å². The number of benzene rings is 2.